The molecule has 0 unspecified atom stereocenters. The number of rotatable bonds is 2. The second-order valence-electron chi connectivity index (χ2n) is 10.1. The van der Waals surface area contributed by atoms with Crippen molar-refractivity contribution < 1.29 is 5.11 Å². The third-order valence-electron chi connectivity index (χ3n) is 9.15. The molecular weight excluding hydrogens is 324 g/mol. The first-order valence-corrected chi connectivity index (χ1v) is 10.7. The van der Waals surface area contributed by atoms with Gasteiger partial charge in [-0.05, 0) is 92.3 Å². The van der Waals surface area contributed by atoms with Gasteiger partial charge in [-0.25, -0.2) is 5.43 Å². The normalized spacial score (nSPS) is 50.7. The van der Waals surface area contributed by atoms with Gasteiger partial charge in [0.1, 0.15) is 0 Å². The van der Waals surface area contributed by atoms with Gasteiger partial charge >= 0.3 is 0 Å². The van der Waals surface area contributed by atoms with Crippen LogP contribution in [-0.2, 0) is 0 Å². The summed E-state index contributed by atoms with van der Waals surface area (Å²) in [7, 11) is 0. The summed E-state index contributed by atoms with van der Waals surface area (Å²) >= 11 is 0. The number of nitrogens with zero attached hydrogens (tertiary/aromatic N) is 1. The lowest BCUT2D eigenvalue weighted by Crippen LogP contribution is -2.54. The van der Waals surface area contributed by atoms with Gasteiger partial charge in [-0.3, -0.25) is 5.41 Å². The standard InChI is InChI=1S/C21H36N4O/c1-20-9-7-15(26)11-13(20)3-5-16-17-6-4-14(12-24-25-19(22)23)21(17,2)10-8-18(16)20/h12-18,26H,3-11H2,1-2H3,(H4,22,23,25)/b24-12-/t13-,14+,15-,16-,17-,18-,20-,21+/m0/s1. The van der Waals surface area contributed by atoms with E-state index in [-0.39, 0.29) is 12.1 Å². The van der Waals surface area contributed by atoms with E-state index in [4.69, 9.17) is 11.1 Å². The van der Waals surface area contributed by atoms with Crippen LogP contribution in [0.3, 0.4) is 0 Å². The minimum Gasteiger partial charge on any atom is -0.393 e. The average molecular weight is 361 g/mol. The first-order chi connectivity index (χ1) is 12.3. The average Bonchev–Trinajstić information content (AvgIpc) is 2.92. The van der Waals surface area contributed by atoms with E-state index in [0.29, 0.717) is 16.7 Å². The molecular formula is C21H36N4O. The van der Waals surface area contributed by atoms with Crippen LogP contribution in [0, 0.1) is 45.8 Å². The number of nitrogens with one attached hydrogen (secondary N) is 2. The molecule has 5 nitrogen and oxygen atoms in total. The summed E-state index contributed by atoms with van der Waals surface area (Å²) in [4.78, 5) is 0. The highest BCUT2D eigenvalue weighted by atomic mass is 16.3. The van der Waals surface area contributed by atoms with Crippen LogP contribution < -0.4 is 11.2 Å². The Hall–Kier alpha value is -1.10. The van der Waals surface area contributed by atoms with E-state index < -0.39 is 0 Å². The van der Waals surface area contributed by atoms with Gasteiger partial charge < -0.3 is 10.8 Å². The van der Waals surface area contributed by atoms with E-state index >= 15 is 0 Å². The molecule has 4 aliphatic rings. The van der Waals surface area contributed by atoms with Gasteiger partial charge in [-0.2, -0.15) is 5.10 Å². The van der Waals surface area contributed by atoms with E-state index in [9.17, 15) is 5.11 Å². The maximum absolute atomic E-state index is 10.2. The molecule has 0 aromatic carbocycles. The quantitative estimate of drug-likeness (QED) is 0.345. The largest absolute Gasteiger partial charge is 0.393 e. The van der Waals surface area contributed by atoms with Crippen LogP contribution in [0.2, 0.25) is 0 Å². The fraction of sp³-hybridized carbons (Fsp3) is 0.905. The van der Waals surface area contributed by atoms with E-state index in [1.807, 2.05) is 6.21 Å². The number of guanidine groups is 1. The predicted octanol–water partition coefficient (Wildman–Crippen LogP) is 3.48. The van der Waals surface area contributed by atoms with Gasteiger partial charge in [0.15, 0.2) is 0 Å². The first kappa shape index (κ1) is 18.3. The Bertz CT molecular complexity index is 593. The summed E-state index contributed by atoms with van der Waals surface area (Å²) in [6.07, 6.45) is 13.1. The van der Waals surface area contributed by atoms with E-state index in [1.165, 1.54) is 44.9 Å². The molecule has 0 saturated heterocycles. The lowest BCUT2D eigenvalue weighted by atomic mass is 9.45. The Morgan fingerprint density at radius 1 is 1.08 bits per heavy atom. The molecule has 0 radical (unpaired) electrons. The molecule has 26 heavy (non-hydrogen) atoms. The molecule has 146 valence electrons. The lowest BCUT2D eigenvalue weighted by Gasteiger charge is -2.60. The van der Waals surface area contributed by atoms with Gasteiger partial charge in [0.25, 0.3) is 0 Å². The van der Waals surface area contributed by atoms with Crippen LogP contribution in [0.1, 0.15) is 71.6 Å². The molecule has 0 aromatic heterocycles. The fourth-order valence-electron chi connectivity index (χ4n) is 7.72. The summed E-state index contributed by atoms with van der Waals surface area (Å²) < 4.78 is 0. The number of aliphatic hydroxyl groups is 1. The van der Waals surface area contributed by atoms with Crippen molar-refractivity contribution in [2.24, 2.45) is 51.3 Å². The highest BCUT2D eigenvalue weighted by Gasteiger charge is 2.59. The smallest absolute Gasteiger partial charge is 0.206 e. The molecule has 0 aromatic rings. The molecule has 0 amide bonds. The maximum atomic E-state index is 10.2. The van der Waals surface area contributed by atoms with E-state index in [0.717, 1.165) is 36.5 Å². The molecule has 4 fully saturated rings. The Morgan fingerprint density at radius 2 is 1.81 bits per heavy atom. The molecule has 4 aliphatic carbocycles. The van der Waals surface area contributed by atoms with Crippen molar-refractivity contribution >= 4 is 12.2 Å². The summed E-state index contributed by atoms with van der Waals surface area (Å²) in [5, 5.41) is 21.7. The second kappa shape index (κ2) is 6.50. The van der Waals surface area contributed by atoms with Crippen LogP contribution in [0.15, 0.2) is 5.10 Å². The summed E-state index contributed by atoms with van der Waals surface area (Å²) in [6, 6.07) is 0. The number of fused-ring (bicyclic) bond motifs is 5. The highest BCUT2D eigenvalue weighted by molar-refractivity contribution is 5.75. The Balaban J connectivity index is 1.52. The van der Waals surface area contributed by atoms with Crippen LogP contribution >= 0.6 is 0 Å². The lowest BCUT2D eigenvalue weighted by molar-refractivity contribution is -0.123. The molecule has 0 spiro atoms. The van der Waals surface area contributed by atoms with Crippen LogP contribution in [0.4, 0.5) is 0 Å². The molecule has 0 aliphatic heterocycles. The van der Waals surface area contributed by atoms with Gasteiger partial charge in [0.05, 0.1) is 6.10 Å². The number of nitrogens with two attached hydrogens (primary N) is 1. The van der Waals surface area contributed by atoms with Crippen molar-refractivity contribution in [1.29, 1.82) is 5.41 Å². The van der Waals surface area contributed by atoms with Crippen molar-refractivity contribution in [1.82, 2.24) is 5.43 Å². The number of hydrazone groups is 1. The summed E-state index contributed by atoms with van der Waals surface area (Å²) in [5.74, 6) is 3.65. The third-order valence-corrected chi connectivity index (χ3v) is 9.15. The number of hydrogen-bond donors (Lipinski definition) is 4. The van der Waals surface area contributed by atoms with Crippen LogP contribution in [0.25, 0.3) is 0 Å². The van der Waals surface area contributed by atoms with E-state index in [2.05, 4.69) is 24.4 Å². The van der Waals surface area contributed by atoms with Crippen LogP contribution in [-0.4, -0.2) is 23.4 Å². The molecule has 8 atom stereocenters. The first-order valence-electron chi connectivity index (χ1n) is 10.7. The minimum atomic E-state index is -0.0876. The Kier molecular flexibility index (Phi) is 4.57. The van der Waals surface area contributed by atoms with Crippen molar-refractivity contribution in [3.8, 4) is 0 Å². The SMILES string of the molecule is C[C@]12CC[C@H](O)C[C@@H]1CC[C@@H]1[C@@H]2CC[C@]2(C)[C@@H](/C=N\NC(=N)N)CC[C@@H]12. The molecule has 0 bridgehead atoms. The van der Waals surface area contributed by atoms with E-state index in [1.54, 1.807) is 0 Å². The zero-order chi connectivity index (χ0) is 18.5. The number of aliphatic hydroxyl groups excluding tert-OH is 1. The van der Waals surface area contributed by atoms with Crippen molar-refractivity contribution in [2.75, 3.05) is 0 Å². The van der Waals surface area contributed by atoms with Crippen molar-refractivity contribution in [2.45, 2.75) is 77.7 Å². The minimum absolute atomic E-state index is 0.0562. The second-order valence-corrected chi connectivity index (χ2v) is 10.1. The summed E-state index contributed by atoms with van der Waals surface area (Å²) in [5.41, 5.74) is 8.75. The van der Waals surface area contributed by atoms with Crippen LogP contribution in [0.5, 0.6) is 0 Å². The monoisotopic (exact) mass is 360 g/mol. The Labute approximate surface area is 157 Å². The molecule has 5 heteroatoms. The fourth-order valence-corrected chi connectivity index (χ4v) is 7.72. The van der Waals surface area contributed by atoms with Gasteiger partial charge in [0, 0.05) is 12.1 Å². The topological polar surface area (TPSA) is 94.5 Å². The highest BCUT2D eigenvalue weighted by Crippen LogP contribution is 2.67. The zero-order valence-electron chi connectivity index (χ0n) is 16.4. The maximum Gasteiger partial charge on any atom is 0.206 e. The van der Waals surface area contributed by atoms with Crippen molar-refractivity contribution in [3.05, 3.63) is 0 Å². The predicted molar refractivity (Wildman–Crippen MR) is 105 cm³/mol. The third kappa shape index (κ3) is 2.78. The number of hydrogen-bond acceptors (Lipinski definition) is 3. The molecule has 5 N–H and O–H groups in total. The van der Waals surface area contributed by atoms with Gasteiger partial charge in [-0.15, -0.1) is 0 Å². The van der Waals surface area contributed by atoms with Gasteiger partial charge in [-0.1, -0.05) is 13.8 Å². The molecule has 0 heterocycles. The summed E-state index contributed by atoms with van der Waals surface area (Å²) in [6.45, 7) is 5.04. The molecule has 4 saturated carbocycles. The zero-order valence-corrected chi connectivity index (χ0v) is 16.4. The van der Waals surface area contributed by atoms with Crippen molar-refractivity contribution in [3.63, 3.8) is 0 Å². The Morgan fingerprint density at radius 3 is 2.58 bits per heavy atom. The van der Waals surface area contributed by atoms with Gasteiger partial charge in [0.2, 0.25) is 5.96 Å². The molecule has 4 rings (SSSR count).